The summed E-state index contributed by atoms with van der Waals surface area (Å²) in [7, 11) is 0. The third-order valence-electron chi connectivity index (χ3n) is 3.73. The fraction of sp³-hybridized carbons (Fsp3) is 1.00. The van der Waals surface area contributed by atoms with Crippen LogP contribution in [-0.2, 0) is 0 Å². The molecule has 1 aliphatic carbocycles. The van der Waals surface area contributed by atoms with Gasteiger partial charge < -0.3 is 5.32 Å². The number of halogens is 3. The predicted octanol–water partition coefficient (Wildman–Crippen LogP) is 2.95. The number of hydrogen-bond acceptors (Lipinski definition) is 1. The van der Waals surface area contributed by atoms with Crippen LogP contribution in [-0.4, -0.2) is 19.0 Å². The molecule has 3 unspecified atom stereocenters. The Morgan fingerprint density at radius 3 is 2.40 bits per heavy atom. The van der Waals surface area contributed by atoms with E-state index in [0.717, 1.165) is 25.9 Å². The van der Waals surface area contributed by atoms with Gasteiger partial charge in [-0.15, -0.1) is 12.4 Å². The molecule has 0 spiro atoms. The molecule has 0 radical (unpaired) electrons. The molecule has 2 fully saturated rings. The maximum Gasteiger partial charge on any atom is 0.255 e. The fourth-order valence-electron chi connectivity index (χ4n) is 3.03. The second-order valence-corrected chi connectivity index (χ2v) is 5.08. The summed E-state index contributed by atoms with van der Waals surface area (Å²) < 4.78 is 26.9. The van der Waals surface area contributed by atoms with Crippen LogP contribution in [0.25, 0.3) is 0 Å². The maximum atomic E-state index is 13.5. The van der Waals surface area contributed by atoms with Crippen molar-refractivity contribution in [3.05, 3.63) is 0 Å². The van der Waals surface area contributed by atoms with Gasteiger partial charge >= 0.3 is 0 Å². The fourth-order valence-corrected chi connectivity index (χ4v) is 3.03. The summed E-state index contributed by atoms with van der Waals surface area (Å²) in [6, 6.07) is 0. The lowest BCUT2D eigenvalue weighted by atomic mass is 9.91. The normalized spacial score (nSPS) is 38.6. The van der Waals surface area contributed by atoms with Crippen LogP contribution < -0.4 is 5.32 Å². The van der Waals surface area contributed by atoms with Gasteiger partial charge in [-0.05, 0) is 37.8 Å². The molecule has 1 heterocycles. The second-order valence-electron chi connectivity index (χ2n) is 5.08. The smallest absolute Gasteiger partial charge is 0.255 e. The van der Waals surface area contributed by atoms with Gasteiger partial charge in [0.2, 0.25) is 0 Å². The number of piperidine rings is 1. The number of rotatable bonds is 2. The molecule has 1 nitrogen and oxygen atoms in total. The van der Waals surface area contributed by atoms with E-state index in [-0.39, 0.29) is 36.1 Å². The van der Waals surface area contributed by atoms with Gasteiger partial charge in [-0.1, -0.05) is 13.8 Å². The van der Waals surface area contributed by atoms with Crippen molar-refractivity contribution in [2.45, 2.75) is 32.6 Å². The molecule has 0 aromatic heterocycles. The third kappa shape index (κ3) is 2.28. The molecule has 90 valence electrons. The minimum atomic E-state index is -2.38. The second kappa shape index (κ2) is 4.54. The SMILES string of the molecule is CC(C)C1C(C2CCCNC2)C1(F)F.Cl. The maximum absolute atomic E-state index is 13.5. The molecule has 4 heteroatoms. The van der Waals surface area contributed by atoms with E-state index >= 15 is 0 Å². The highest BCUT2D eigenvalue weighted by Crippen LogP contribution is 2.62. The Bertz CT molecular complexity index is 215. The Hall–Kier alpha value is 0.110. The first-order chi connectivity index (χ1) is 6.55. The number of alkyl halides is 2. The van der Waals surface area contributed by atoms with E-state index in [0.29, 0.717) is 0 Å². The summed E-state index contributed by atoms with van der Waals surface area (Å²) in [6.45, 7) is 5.62. The van der Waals surface area contributed by atoms with Crippen LogP contribution in [0.5, 0.6) is 0 Å². The minimum absolute atomic E-state index is 0. The van der Waals surface area contributed by atoms with Crippen molar-refractivity contribution in [2.24, 2.45) is 23.7 Å². The van der Waals surface area contributed by atoms with Crippen molar-refractivity contribution in [1.29, 1.82) is 0 Å². The van der Waals surface area contributed by atoms with Crippen LogP contribution in [0.3, 0.4) is 0 Å². The molecule has 1 N–H and O–H groups in total. The average Bonchev–Trinajstić information content (AvgIpc) is 2.71. The molecule has 1 aliphatic heterocycles. The lowest BCUT2D eigenvalue weighted by Crippen LogP contribution is -2.32. The summed E-state index contributed by atoms with van der Waals surface area (Å²) in [6.07, 6.45) is 2.04. The van der Waals surface area contributed by atoms with Gasteiger partial charge in [-0.2, -0.15) is 0 Å². The zero-order valence-corrected chi connectivity index (χ0v) is 10.1. The zero-order valence-electron chi connectivity index (χ0n) is 9.30. The van der Waals surface area contributed by atoms with Crippen LogP contribution in [0.4, 0.5) is 8.78 Å². The molecule has 3 atom stereocenters. The van der Waals surface area contributed by atoms with Gasteiger partial charge in [0, 0.05) is 11.8 Å². The van der Waals surface area contributed by atoms with Crippen LogP contribution in [0.2, 0.25) is 0 Å². The quantitative estimate of drug-likeness (QED) is 0.781. The highest BCUT2D eigenvalue weighted by Gasteiger charge is 2.70. The van der Waals surface area contributed by atoms with Gasteiger partial charge in [0.1, 0.15) is 0 Å². The standard InChI is InChI=1S/C11H19F2N.ClH/c1-7(2)9-10(11(9,12)13)8-4-3-5-14-6-8;/h7-10,14H,3-6H2,1-2H3;1H. The summed E-state index contributed by atoms with van der Waals surface area (Å²) in [5.41, 5.74) is 0. The van der Waals surface area contributed by atoms with E-state index < -0.39 is 5.92 Å². The van der Waals surface area contributed by atoms with Gasteiger partial charge in [0.15, 0.2) is 0 Å². The Labute approximate surface area is 96.4 Å². The highest BCUT2D eigenvalue weighted by atomic mass is 35.5. The molecule has 15 heavy (non-hydrogen) atoms. The average molecular weight is 240 g/mol. The molecular weight excluding hydrogens is 220 g/mol. The molecule has 2 rings (SSSR count). The summed E-state index contributed by atoms with van der Waals surface area (Å²) in [5, 5.41) is 3.22. The van der Waals surface area contributed by atoms with Gasteiger partial charge in [-0.25, -0.2) is 8.78 Å². The molecule has 1 saturated heterocycles. The van der Waals surface area contributed by atoms with E-state index in [1.165, 1.54) is 0 Å². The molecule has 0 bridgehead atoms. The van der Waals surface area contributed by atoms with E-state index in [1.807, 2.05) is 13.8 Å². The predicted molar refractivity (Wildman–Crippen MR) is 59.6 cm³/mol. The number of hydrogen-bond donors (Lipinski definition) is 1. The van der Waals surface area contributed by atoms with E-state index in [2.05, 4.69) is 5.32 Å². The van der Waals surface area contributed by atoms with Crippen molar-refractivity contribution in [1.82, 2.24) is 5.32 Å². The highest BCUT2D eigenvalue weighted by molar-refractivity contribution is 5.85. The first-order valence-electron chi connectivity index (χ1n) is 5.63. The molecule has 2 aliphatic rings. The van der Waals surface area contributed by atoms with Gasteiger partial charge in [0.25, 0.3) is 5.92 Å². The van der Waals surface area contributed by atoms with Crippen molar-refractivity contribution in [3.8, 4) is 0 Å². The molecule has 0 aromatic rings. The van der Waals surface area contributed by atoms with Crippen molar-refractivity contribution in [2.75, 3.05) is 13.1 Å². The van der Waals surface area contributed by atoms with Gasteiger partial charge in [0.05, 0.1) is 0 Å². The number of nitrogens with one attached hydrogen (secondary N) is 1. The van der Waals surface area contributed by atoms with Crippen molar-refractivity contribution >= 4 is 12.4 Å². The topological polar surface area (TPSA) is 12.0 Å². The van der Waals surface area contributed by atoms with E-state index in [4.69, 9.17) is 0 Å². The Balaban J connectivity index is 0.00000112. The Morgan fingerprint density at radius 2 is 2.00 bits per heavy atom. The lowest BCUT2D eigenvalue weighted by Gasteiger charge is -2.22. The summed E-state index contributed by atoms with van der Waals surface area (Å²) >= 11 is 0. The minimum Gasteiger partial charge on any atom is -0.316 e. The molecule has 0 aromatic carbocycles. The van der Waals surface area contributed by atoms with Crippen LogP contribution in [0, 0.1) is 23.7 Å². The van der Waals surface area contributed by atoms with Crippen LogP contribution >= 0.6 is 12.4 Å². The van der Waals surface area contributed by atoms with E-state index in [9.17, 15) is 8.78 Å². The van der Waals surface area contributed by atoms with Gasteiger partial charge in [-0.3, -0.25) is 0 Å². The third-order valence-corrected chi connectivity index (χ3v) is 3.73. The summed E-state index contributed by atoms with van der Waals surface area (Å²) in [5.74, 6) is -2.73. The van der Waals surface area contributed by atoms with E-state index in [1.54, 1.807) is 0 Å². The molecule has 1 saturated carbocycles. The first-order valence-corrected chi connectivity index (χ1v) is 5.63. The molecule has 0 amide bonds. The zero-order chi connectivity index (χ0) is 10.3. The van der Waals surface area contributed by atoms with Crippen molar-refractivity contribution < 1.29 is 8.78 Å². The first kappa shape index (κ1) is 13.2. The van der Waals surface area contributed by atoms with Crippen LogP contribution in [0.15, 0.2) is 0 Å². The Kier molecular flexibility index (Phi) is 3.99. The van der Waals surface area contributed by atoms with Crippen LogP contribution in [0.1, 0.15) is 26.7 Å². The Morgan fingerprint density at radius 1 is 1.33 bits per heavy atom. The largest absolute Gasteiger partial charge is 0.316 e. The molecular formula is C11H20ClF2N. The lowest BCUT2D eigenvalue weighted by molar-refractivity contribution is 0.0654. The van der Waals surface area contributed by atoms with Crippen molar-refractivity contribution in [3.63, 3.8) is 0 Å². The monoisotopic (exact) mass is 239 g/mol. The summed E-state index contributed by atoms with van der Waals surface area (Å²) in [4.78, 5) is 0.